The standard InChI is InChI=1S/C15H22O3Si/c1-4-13-7-5-8-14(11-13)9-6-10-18-19-12-15(16-2)17-3/h4-5,7-8,11,15H,1,6,9-10,12H2,2-3H3. The summed E-state index contributed by atoms with van der Waals surface area (Å²) in [5, 5.41) is 0. The summed E-state index contributed by atoms with van der Waals surface area (Å²) in [7, 11) is 3.71. The lowest BCUT2D eigenvalue weighted by Crippen LogP contribution is -2.16. The van der Waals surface area contributed by atoms with Gasteiger partial charge in [-0.2, -0.15) is 0 Å². The fourth-order valence-electron chi connectivity index (χ4n) is 1.69. The van der Waals surface area contributed by atoms with Crippen LogP contribution in [0.3, 0.4) is 0 Å². The molecular formula is C15H22O3Si. The molecule has 0 unspecified atom stereocenters. The zero-order chi connectivity index (χ0) is 13.9. The molecule has 0 N–H and O–H groups in total. The quantitative estimate of drug-likeness (QED) is 0.374. The number of ether oxygens (including phenoxy) is 2. The van der Waals surface area contributed by atoms with Crippen molar-refractivity contribution in [2.24, 2.45) is 0 Å². The largest absolute Gasteiger partial charge is 0.417 e. The molecule has 3 nitrogen and oxygen atoms in total. The van der Waals surface area contributed by atoms with Crippen molar-refractivity contribution in [1.82, 2.24) is 0 Å². The van der Waals surface area contributed by atoms with Crippen LogP contribution in [0.2, 0.25) is 6.04 Å². The Kier molecular flexibility index (Phi) is 8.41. The van der Waals surface area contributed by atoms with E-state index in [9.17, 15) is 0 Å². The SMILES string of the molecule is C=Cc1cccc(CCCO[Si]CC(OC)OC)c1. The van der Waals surface area contributed by atoms with Gasteiger partial charge in [0, 0.05) is 26.9 Å². The number of hydrogen-bond acceptors (Lipinski definition) is 3. The number of methoxy groups -OCH3 is 2. The molecule has 0 saturated carbocycles. The monoisotopic (exact) mass is 278 g/mol. The first-order chi connectivity index (χ1) is 9.30. The van der Waals surface area contributed by atoms with Crippen molar-refractivity contribution in [2.75, 3.05) is 20.8 Å². The van der Waals surface area contributed by atoms with Gasteiger partial charge in [-0.3, -0.25) is 0 Å². The molecule has 0 aromatic heterocycles. The lowest BCUT2D eigenvalue weighted by Gasteiger charge is -2.12. The second-order valence-corrected chi connectivity index (χ2v) is 5.14. The van der Waals surface area contributed by atoms with Crippen LogP contribution >= 0.6 is 0 Å². The van der Waals surface area contributed by atoms with E-state index in [1.54, 1.807) is 14.2 Å². The van der Waals surface area contributed by atoms with Gasteiger partial charge in [0.1, 0.15) is 0 Å². The minimum Gasteiger partial charge on any atom is -0.417 e. The molecule has 2 radical (unpaired) electrons. The first-order valence-corrected chi connectivity index (χ1v) is 7.53. The Labute approximate surface area is 118 Å². The maximum absolute atomic E-state index is 5.59. The van der Waals surface area contributed by atoms with Gasteiger partial charge in [0.2, 0.25) is 9.76 Å². The summed E-state index contributed by atoms with van der Waals surface area (Å²) >= 11 is 0. The van der Waals surface area contributed by atoms with Crippen LogP contribution in [0, 0.1) is 0 Å². The summed E-state index contributed by atoms with van der Waals surface area (Å²) in [6.07, 6.45) is 3.78. The number of aryl methyl sites for hydroxylation is 1. The maximum Gasteiger partial charge on any atom is 0.234 e. The van der Waals surface area contributed by atoms with Gasteiger partial charge in [-0.15, -0.1) is 0 Å². The minimum atomic E-state index is -0.150. The van der Waals surface area contributed by atoms with Gasteiger partial charge in [-0.1, -0.05) is 36.9 Å². The predicted octanol–water partition coefficient (Wildman–Crippen LogP) is 2.94. The van der Waals surface area contributed by atoms with Crippen molar-refractivity contribution < 1.29 is 13.9 Å². The molecule has 0 aliphatic carbocycles. The second-order valence-electron chi connectivity index (χ2n) is 4.15. The zero-order valence-electron chi connectivity index (χ0n) is 11.7. The molecule has 0 aliphatic heterocycles. The Hall–Kier alpha value is -0.943. The smallest absolute Gasteiger partial charge is 0.234 e. The van der Waals surface area contributed by atoms with E-state index in [0.29, 0.717) is 9.76 Å². The lowest BCUT2D eigenvalue weighted by molar-refractivity contribution is -0.0888. The summed E-state index contributed by atoms with van der Waals surface area (Å²) in [5.41, 5.74) is 2.50. The van der Waals surface area contributed by atoms with E-state index in [1.165, 1.54) is 11.1 Å². The third kappa shape index (κ3) is 6.68. The summed E-state index contributed by atoms with van der Waals surface area (Å²) in [6.45, 7) is 4.55. The molecule has 19 heavy (non-hydrogen) atoms. The molecular weight excluding hydrogens is 256 g/mol. The van der Waals surface area contributed by atoms with Crippen LogP contribution in [0.4, 0.5) is 0 Å². The number of rotatable bonds is 10. The van der Waals surface area contributed by atoms with E-state index < -0.39 is 0 Å². The van der Waals surface area contributed by atoms with Crippen LogP contribution in [0.5, 0.6) is 0 Å². The van der Waals surface area contributed by atoms with E-state index in [0.717, 1.165) is 25.5 Å². The van der Waals surface area contributed by atoms with Crippen molar-refractivity contribution in [3.05, 3.63) is 42.0 Å². The zero-order valence-corrected chi connectivity index (χ0v) is 12.7. The van der Waals surface area contributed by atoms with Crippen LogP contribution in [-0.4, -0.2) is 36.9 Å². The van der Waals surface area contributed by atoms with Crippen LogP contribution in [0.25, 0.3) is 6.08 Å². The topological polar surface area (TPSA) is 27.7 Å². The molecule has 0 heterocycles. The van der Waals surface area contributed by atoms with E-state index in [2.05, 4.69) is 30.8 Å². The van der Waals surface area contributed by atoms with Gasteiger partial charge in [-0.25, -0.2) is 0 Å². The molecule has 0 amide bonds. The van der Waals surface area contributed by atoms with Crippen molar-refractivity contribution in [3.8, 4) is 0 Å². The van der Waals surface area contributed by atoms with Crippen molar-refractivity contribution in [2.45, 2.75) is 25.2 Å². The van der Waals surface area contributed by atoms with Crippen LogP contribution < -0.4 is 0 Å². The second kappa shape index (κ2) is 9.92. The first kappa shape index (κ1) is 16.1. The Balaban J connectivity index is 2.12. The lowest BCUT2D eigenvalue weighted by atomic mass is 10.1. The van der Waals surface area contributed by atoms with E-state index in [1.807, 2.05) is 6.08 Å². The maximum atomic E-state index is 5.59. The normalized spacial score (nSPS) is 10.9. The molecule has 0 aliphatic rings. The van der Waals surface area contributed by atoms with E-state index in [-0.39, 0.29) is 6.29 Å². The number of hydrogen-bond donors (Lipinski definition) is 0. The van der Waals surface area contributed by atoms with Gasteiger partial charge in [-0.05, 0) is 24.0 Å². The van der Waals surface area contributed by atoms with Gasteiger partial charge in [0.25, 0.3) is 0 Å². The van der Waals surface area contributed by atoms with Crippen molar-refractivity contribution >= 4 is 15.8 Å². The summed E-state index contributed by atoms with van der Waals surface area (Å²) in [4.78, 5) is 0. The third-order valence-electron chi connectivity index (χ3n) is 2.78. The highest BCUT2D eigenvalue weighted by molar-refractivity contribution is 6.27. The Morgan fingerprint density at radius 3 is 2.79 bits per heavy atom. The first-order valence-electron chi connectivity index (χ1n) is 6.41. The summed E-state index contributed by atoms with van der Waals surface area (Å²) < 4.78 is 15.8. The van der Waals surface area contributed by atoms with Gasteiger partial charge >= 0.3 is 0 Å². The molecule has 0 atom stereocenters. The van der Waals surface area contributed by atoms with Crippen molar-refractivity contribution in [1.29, 1.82) is 0 Å². The molecule has 104 valence electrons. The van der Waals surface area contributed by atoms with Crippen LogP contribution in [-0.2, 0) is 20.3 Å². The predicted molar refractivity (Wildman–Crippen MR) is 79.2 cm³/mol. The summed E-state index contributed by atoms with van der Waals surface area (Å²) in [5.74, 6) is 0. The van der Waals surface area contributed by atoms with Gasteiger partial charge < -0.3 is 13.9 Å². The average molecular weight is 278 g/mol. The molecule has 1 rings (SSSR count). The van der Waals surface area contributed by atoms with E-state index in [4.69, 9.17) is 13.9 Å². The minimum absolute atomic E-state index is 0.150. The Bertz CT molecular complexity index is 364. The molecule has 0 saturated heterocycles. The molecule has 0 spiro atoms. The fraction of sp³-hybridized carbons (Fsp3) is 0.467. The molecule has 1 aromatic rings. The van der Waals surface area contributed by atoms with Crippen molar-refractivity contribution in [3.63, 3.8) is 0 Å². The van der Waals surface area contributed by atoms with Crippen LogP contribution in [0.1, 0.15) is 17.5 Å². The molecule has 0 fully saturated rings. The molecule has 1 aromatic carbocycles. The van der Waals surface area contributed by atoms with Gasteiger partial charge in [0.15, 0.2) is 6.29 Å². The van der Waals surface area contributed by atoms with Gasteiger partial charge in [0.05, 0.1) is 0 Å². The highest BCUT2D eigenvalue weighted by Crippen LogP contribution is 2.08. The molecule has 4 heteroatoms. The summed E-state index contributed by atoms with van der Waals surface area (Å²) in [6, 6.07) is 9.22. The number of benzene rings is 1. The fourth-order valence-corrected chi connectivity index (χ4v) is 2.56. The van der Waals surface area contributed by atoms with Crippen LogP contribution in [0.15, 0.2) is 30.8 Å². The molecule has 0 bridgehead atoms. The Morgan fingerprint density at radius 1 is 1.32 bits per heavy atom. The average Bonchev–Trinajstić information content (AvgIpc) is 2.47. The Morgan fingerprint density at radius 2 is 2.11 bits per heavy atom. The highest BCUT2D eigenvalue weighted by Gasteiger charge is 2.05. The van der Waals surface area contributed by atoms with E-state index >= 15 is 0 Å². The highest BCUT2D eigenvalue weighted by atomic mass is 28.2. The third-order valence-corrected chi connectivity index (χ3v) is 3.68.